The number of hydrogen-bond donors (Lipinski definition) is 0. The van der Waals surface area contributed by atoms with Crippen LogP contribution in [0.15, 0.2) is 65.4 Å². The highest BCUT2D eigenvalue weighted by Gasteiger charge is 2.28. The van der Waals surface area contributed by atoms with Gasteiger partial charge in [-0.05, 0) is 12.1 Å². The fourth-order valence-electron chi connectivity index (χ4n) is 2.72. The summed E-state index contributed by atoms with van der Waals surface area (Å²) in [5.41, 5.74) is 2.63. The van der Waals surface area contributed by atoms with E-state index in [1.165, 1.54) is 6.26 Å². The van der Waals surface area contributed by atoms with E-state index in [0.29, 0.717) is 30.2 Å². The fourth-order valence-corrected chi connectivity index (χ4v) is 2.72. The number of anilines is 1. The molecule has 4 rings (SSSR count). The monoisotopic (exact) mass is 306 g/mol. The van der Waals surface area contributed by atoms with E-state index in [2.05, 4.69) is 5.16 Å². The van der Waals surface area contributed by atoms with Gasteiger partial charge in [0.2, 0.25) is 0 Å². The van der Waals surface area contributed by atoms with Crippen molar-refractivity contribution in [3.8, 4) is 17.0 Å². The molecule has 3 aromatic rings. The van der Waals surface area contributed by atoms with Crippen molar-refractivity contribution in [1.82, 2.24) is 5.16 Å². The smallest absolute Gasteiger partial charge is 0.264 e. The minimum absolute atomic E-state index is 0.138. The first-order valence-electron chi connectivity index (χ1n) is 7.38. The molecular weight excluding hydrogens is 292 g/mol. The zero-order valence-corrected chi connectivity index (χ0v) is 12.3. The largest absolute Gasteiger partial charge is 0.490 e. The second kappa shape index (κ2) is 5.61. The van der Waals surface area contributed by atoms with Crippen molar-refractivity contribution in [2.45, 2.75) is 0 Å². The standard InChI is InChI=1S/C18H14N2O3/c21-18(20-10-11-22-16-9-5-4-8-15(16)20)14-12-23-19-17(14)13-6-2-1-3-7-13/h1-9,12H,10-11H2. The van der Waals surface area contributed by atoms with E-state index in [4.69, 9.17) is 9.26 Å². The molecule has 0 aliphatic carbocycles. The lowest BCUT2D eigenvalue weighted by molar-refractivity contribution is 0.0976. The zero-order valence-electron chi connectivity index (χ0n) is 12.3. The van der Waals surface area contributed by atoms with Gasteiger partial charge in [0.1, 0.15) is 29.9 Å². The van der Waals surface area contributed by atoms with Crippen molar-refractivity contribution < 1.29 is 14.1 Å². The minimum atomic E-state index is -0.138. The van der Waals surface area contributed by atoms with E-state index in [-0.39, 0.29) is 5.91 Å². The summed E-state index contributed by atoms with van der Waals surface area (Å²) in [5, 5.41) is 4.00. The number of nitrogens with zero attached hydrogens (tertiary/aromatic N) is 2. The van der Waals surface area contributed by atoms with Gasteiger partial charge in [0, 0.05) is 5.56 Å². The summed E-state index contributed by atoms with van der Waals surface area (Å²) in [6, 6.07) is 17.1. The molecule has 5 nitrogen and oxygen atoms in total. The van der Waals surface area contributed by atoms with E-state index in [0.717, 1.165) is 11.3 Å². The lowest BCUT2D eigenvalue weighted by Gasteiger charge is -2.29. The number of amides is 1. The number of carbonyl (C=O) groups is 1. The number of rotatable bonds is 2. The molecule has 0 saturated carbocycles. The summed E-state index contributed by atoms with van der Waals surface area (Å²) < 4.78 is 10.7. The lowest BCUT2D eigenvalue weighted by Crippen LogP contribution is -2.38. The maximum atomic E-state index is 13.0. The van der Waals surface area contributed by atoms with Gasteiger partial charge in [0.15, 0.2) is 0 Å². The van der Waals surface area contributed by atoms with Crippen molar-refractivity contribution in [3.63, 3.8) is 0 Å². The first-order chi connectivity index (χ1) is 11.3. The molecule has 5 heteroatoms. The molecule has 0 bridgehead atoms. The van der Waals surface area contributed by atoms with Crippen LogP contribution in [0.4, 0.5) is 5.69 Å². The Hall–Kier alpha value is -3.08. The Labute approximate surface area is 133 Å². The van der Waals surface area contributed by atoms with Crippen LogP contribution in [0, 0.1) is 0 Å². The Kier molecular flexibility index (Phi) is 3.31. The quantitative estimate of drug-likeness (QED) is 0.728. The van der Waals surface area contributed by atoms with Crippen LogP contribution < -0.4 is 9.64 Å². The molecule has 0 fully saturated rings. The molecule has 2 aromatic carbocycles. The third kappa shape index (κ3) is 2.36. The van der Waals surface area contributed by atoms with Crippen LogP contribution in [-0.2, 0) is 0 Å². The van der Waals surface area contributed by atoms with Gasteiger partial charge in [-0.3, -0.25) is 4.79 Å². The number of fused-ring (bicyclic) bond motifs is 1. The molecule has 1 aliphatic rings. The maximum absolute atomic E-state index is 13.0. The minimum Gasteiger partial charge on any atom is -0.490 e. The molecule has 0 saturated heterocycles. The molecule has 114 valence electrons. The number of aromatic nitrogens is 1. The van der Waals surface area contributed by atoms with Crippen molar-refractivity contribution in [2.24, 2.45) is 0 Å². The molecular formula is C18H14N2O3. The first-order valence-corrected chi connectivity index (χ1v) is 7.38. The van der Waals surface area contributed by atoms with Crippen molar-refractivity contribution in [2.75, 3.05) is 18.1 Å². The number of para-hydroxylation sites is 2. The van der Waals surface area contributed by atoms with E-state index in [1.807, 2.05) is 54.6 Å². The molecule has 23 heavy (non-hydrogen) atoms. The molecule has 0 spiro atoms. The van der Waals surface area contributed by atoms with Gasteiger partial charge >= 0.3 is 0 Å². The lowest BCUT2D eigenvalue weighted by atomic mass is 10.1. The third-order valence-corrected chi connectivity index (χ3v) is 3.82. The summed E-state index contributed by atoms with van der Waals surface area (Å²) in [7, 11) is 0. The Morgan fingerprint density at radius 3 is 2.70 bits per heavy atom. The van der Waals surface area contributed by atoms with Gasteiger partial charge in [0.05, 0.1) is 12.2 Å². The van der Waals surface area contributed by atoms with E-state index in [9.17, 15) is 4.79 Å². The SMILES string of the molecule is O=C(c1conc1-c1ccccc1)N1CCOc2ccccc21. The van der Waals surface area contributed by atoms with Crippen LogP contribution in [0.2, 0.25) is 0 Å². The highest BCUT2D eigenvalue weighted by Crippen LogP contribution is 2.33. The number of benzene rings is 2. The van der Waals surface area contributed by atoms with Crippen LogP contribution in [0.5, 0.6) is 5.75 Å². The van der Waals surface area contributed by atoms with Crippen molar-refractivity contribution >= 4 is 11.6 Å². The van der Waals surface area contributed by atoms with Crippen LogP contribution >= 0.6 is 0 Å². The Bertz CT molecular complexity index is 842. The summed E-state index contributed by atoms with van der Waals surface area (Å²) in [5.74, 6) is 0.575. The topological polar surface area (TPSA) is 55.6 Å². The fraction of sp³-hybridized carbons (Fsp3) is 0.111. The van der Waals surface area contributed by atoms with Crippen LogP contribution in [0.3, 0.4) is 0 Å². The zero-order chi connectivity index (χ0) is 15.6. The summed E-state index contributed by atoms with van der Waals surface area (Å²) >= 11 is 0. The predicted octanol–water partition coefficient (Wildman–Crippen LogP) is 3.38. The van der Waals surface area contributed by atoms with E-state index >= 15 is 0 Å². The van der Waals surface area contributed by atoms with Gasteiger partial charge in [-0.2, -0.15) is 0 Å². The third-order valence-electron chi connectivity index (χ3n) is 3.82. The highest BCUT2D eigenvalue weighted by atomic mass is 16.5. The van der Waals surface area contributed by atoms with Crippen LogP contribution in [0.1, 0.15) is 10.4 Å². The molecule has 1 amide bonds. The second-order valence-electron chi connectivity index (χ2n) is 5.22. The molecule has 1 aliphatic heterocycles. The molecule has 0 radical (unpaired) electrons. The molecule has 0 N–H and O–H groups in total. The summed E-state index contributed by atoms with van der Waals surface area (Å²) in [4.78, 5) is 14.7. The van der Waals surface area contributed by atoms with Gasteiger partial charge < -0.3 is 14.2 Å². The normalized spacial score (nSPS) is 13.3. The maximum Gasteiger partial charge on any atom is 0.264 e. The summed E-state index contributed by atoms with van der Waals surface area (Å²) in [6.45, 7) is 0.962. The number of carbonyl (C=O) groups excluding carboxylic acids is 1. The summed E-state index contributed by atoms with van der Waals surface area (Å²) in [6.07, 6.45) is 1.41. The molecule has 1 aromatic heterocycles. The predicted molar refractivity (Wildman–Crippen MR) is 85.6 cm³/mol. The highest BCUT2D eigenvalue weighted by molar-refractivity contribution is 6.10. The van der Waals surface area contributed by atoms with Gasteiger partial charge in [-0.15, -0.1) is 0 Å². The first kappa shape index (κ1) is 13.6. The average molecular weight is 306 g/mol. The van der Waals surface area contributed by atoms with Gasteiger partial charge in [-0.25, -0.2) is 0 Å². The second-order valence-corrected chi connectivity index (χ2v) is 5.22. The van der Waals surface area contributed by atoms with Crippen molar-refractivity contribution in [1.29, 1.82) is 0 Å². The molecule has 2 heterocycles. The molecule has 0 atom stereocenters. The van der Waals surface area contributed by atoms with Crippen LogP contribution in [0.25, 0.3) is 11.3 Å². The van der Waals surface area contributed by atoms with E-state index in [1.54, 1.807) is 4.90 Å². The Balaban J connectivity index is 1.74. The number of ether oxygens (including phenoxy) is 1. The number of hydrogen-bond acceptors (Lipinski definition) is 4. The van der Waals surface area contributed by atoms with Gasteiger partial charge in [0.25, 0.3) is 5.91 Å². The van der Waals surface area contributed by atoms with Gasteiger partial charge in [-0.1, -0.05) is 47.6 Å². The Morgan fingerprint density at radius 1 is 1.04 bits per heavy atom. The van der Waals surface area contributed by atoms with Crippen LogP contribution in [-0.4, -0.2) is 24.2 Å². The van der Waals surface area contributed by atoms with E-state index < -0.39 is 0 Å². The van der Waals surface area contributed by atoms with Crippen molar-refractivity contribution in [3.05, 3.63) is 66.4 Å². The average Bonchev–Trinajstić information content (AvgIpc) is 3.11. The Morgan fingerprint density at radius 2 is 1.83 bits per heavy atom. The molecule has 0 unspecified atom stereocenters.